The topological polar surface area (TPSA) is 129 Å². The number of urea groups is 1. The van der Waals surface area contributed by atoms with E-state index in [1.807, 2.05) is 13.8 Å². The number of amides is 3. The molecule has 0 aliphatic carbocycles. The number of aromatic nitrogens is 3. The zero-order valence-corrected chi connectivity index (χ0v) is 14.3. The number of nitrogens with one attached hydrogen (secondary N) is 1. The highest BCUT2D eigenvalue weighted by atomic mass is 32.2. The van der Waals surface area contributed by atoms with Gasteiger partial charge in [0.05, 0.1) is 11.9 Å². The third-order valence-electron chi connectivity index (χ3n) is 2.88. The SMILES string of the molecule is CCOC(=O)Cc1nnc(S[C@@H](C(=O)NC(N)=O)C(C)C)n1C. The van der Waals surface area contributed by atoms with Gasteiger partial charge in [-0.2, -0.15) is 0 Å². The van der Waals surface area contributed by atoms with Gasteiger partial charge in [0, 0.05) is 7.05 Å². The van der Waals surface area contributed by atoms with Crippen LogP contribution in [0.1, 0.15) is 26.6 Å². The Balaban J connectivity index is 2.85. The molecule has 0 fully saturated rings. The van der Waals surface area contributed by atoms with Crippen molar-refractivity contribution in [2.75, 3.05) is 6.61 Å². The average molecular weight is 343 g/mol. The zero-order chi connectivity index (χ0) is 17.6. The van der Waals surface area contributed by atoms with E-state index >= 15 is 0 Å². The maximum Gasteiger partial charge on any atom is 0.318 e. The molecule has 0 aliphatic rings. The molecule has 0 saturated heterocycles. The Hall–Kier alpha value is -2.10. The smallest absolute Gasteiger partial charge is 0.318 e. The first kappa shape index (κ1) is 18.9. The lowest BCUT2D eigenvalue weighted by molar-refractivity contribution is -0.142. The molecule has 0 aromatic carbocycles. The summed E-state index contributed by atoms with van der Waals surface area (Å²) in [4.78, 5) is 34.4. The number of imide groups is 1. The van der Waals surface area contributed by atoms with E-state index in [0.717, 1.165) is 11.8 Å². The lowest BCUT2D eigenvalue weighted by atomic mass is 10.1. The minimum absolute atomic E-state index is 0.00225. The van der Waals surface area contributed by atoms with Crippen molar-refractivity contribution in [3.63, 3.8) is 0 Å². The number of carbonyl (C=O) groups excluding carboxylic acids is 3. The molecule has 1 rings (SSSR count). The van der Waals surface area contributed by atoms with E-state index in [1.165, 1.54) is 0 Å². The Morgan fingerprint density at radius 1 is 1.35 bits per heavy atom. The van der Waals surface area contributed by atoms with Crippen LogP contribution in [0.3, 0.4) is 0 Å². The maximum absolute atomic E-state index is 12.0. The van der Waals surface area contributed by atoms with Crippen molar-refractivity contribution in [2.24, 2.45) is 18.7 Å². The summed E-state index contributed by atoms with van der Waals surface area (Å²) in [5.74, 6) is -0.521. The van der Waals surface area contributed by atoms with Gasteiger partial charge in [-0.15, -0.1) is 10.2 Å². The van der Waals surface area contributed by atoms with E-state index < -0.39 is 23.2 Å². The van der Waals surface area contributed by atoms with Gasteiger partial charge in [0.1, 0.15) is 12.2 Å². The molecule has 10 heteroatoms. The Labute approximate surface area is 138 Å². The summed E-state index contributed by atoms with van der Waals surface area (Å²) in [5, 5.41) is 9.88. The predicted molar refractivity (Wildman–Crippen MR) is 83.5 cm³/mol. The first-order valence-electron chi connectivity index (χ1n) is 7.07. The van der Waals surface area contributed by atoms with Gasteiger partial charge in [-0.05, 0) is 12.8 Å². The molecule has 23 heavy (non-hydrogen) atoms. The van der Waals surface area contributed by atoms with Crippen LogP contribution >= 0.6 is 11.8 Å². The first-order chi connectivity index (χ1) is 10.8. The molecular weight excluding hydrogens is 322 g/mol. The molecule has 0 aliphatic heterocycles. The van der Waals surface area contributed by atoms with E-state index in [-0.39, 0.29) is 12.3 Å². The van der Waals surface area contributed by atoms with Crippen LogP contribution in [0.15, 0.2) is 5.16 Å². The molecule has 1 aromatic rings. The number of hydrogen-bond donors (Lipinski definition) is 2. The second-order valence-corrected chi connectivity index (χ2v) is 6.18. The van der Waals surface area contributed by atoms with Gasteiger partial charge in [-0.25, -0.2) is 4.79 Å². The van der Waals surface area contributed by atoms with Crippen LogP contribution in [0, 0.1) is 5.92 Å². The summed E-state index contributed by atoms with van der Waals surface area (Å²) in [7, 11) is 1.69. The minimum atomic E-state index is -0.901. The third-order valence-corrected chi connectivity index (χ3v) is 4.45. The summed E-state index contributed by atoms with van der Waals surface area (Å²) < 4.78 is 6.49. The number of nitrogens with zero attached hydrogens (tertiary/aromatic N) is 3. The molecule has 3 amide bonds. The van der Waals surface area contributed by atoms with Crippen LogP contribution in [0.4, 0.5) is 4.79 Å². The lowest BCUT2D eigenvalue weighted by Crippen LogP contribution is -2.42. The van der Waals surface area contributed by atoms with Gasteiger partial charge in [0.25, 0.3) is 0 Å². The van der Waals surface area contributed by atoms with Crippen molar-refractivity contribution in [3.8, 4) is 0 Å². The number of esters is 1. The summed E-state index contributed by atoms with van der Waals surface area (Å²) in [6.07, 6.45) is -0.00225. The van der Waals surface area contributed by atoms with Crippen molar-refractivity contribution in [1.82, 2.24) is 20.1 Å². The van der Waals surface area contributed by atoms with E-state index in [2.05, 4.69) is 15.5 Å². The molecule has 1 aromatic heterocycles. The molecule has 128 valence electrons. The molecule has 1 atom stereocenters. The van der Waals surface area contributed by atoms with Crippen LogP contribution in [-0.4, -0.2) is 44.5 Å². The largest absolute Gasteiger partial charge is 0.466 e. The molecule has 0 unspecified atom stereocenters. The number of carbonyl (C=O) groups is 3. The van der Waals surface area contributed by atoms with Crippen molar-refractivity contribution < 1.29 is 19.1 Å². The van der Waals surface area contributed by atoms with E-state index in [0.29, 0.717) is 17.6 Å². The van der Waals surface area contributed by atoms with Crippen LogP contribution in [0.25, 0.3) is 0 Å². The van der Waals surface area contributed by atoms with Crippen molar-refractivity contribution >= 4 is 29.7 Å². The number of nitrogens with two attached hydrogens (primary N) is 1. The highest BCUT2D eigenvalue weighted by molar-refractivity contribution is 8.00. The second kappa shape index (κ2) is 8.51. The number of ether oxygens (including phenoxy) is 1. The van der Waals surface area contributed by atoms with Gasteiger partial charge in [-0.1, -0.05) is 25.6 Å². The fraction of sp³-hybridized carbons (Fsp3) is 0.615. The summed E-state index contributed by atoms with van der Waals surface area (Å²) >= 11 is 1.15. The number of hydrogen-bond acceptors (Lipinski definition) is 7. The minimum Gasteiger partial charge on any atom is -0.466 e. The van der Waals surface area contributed by atoms with Crippen molar-refractivity contribution in [3.05, 3.63) is 5.82 Å². The molecular formula is C13H21N5O4S. The Kier molecular flexibility index (Phi) is 7.01. The lowest BCUT2D eigenvalue weighted by Gasteiger charge is -2.18. The van der Waals surface area contributed by atoms with Gasteiger partial charge >= 0.3 is 12.0 Å². The van der Waals surface area contributed by atoms with Crippen molar-refractivity contribution in [2.45, 2.75) is 37.6 Å². The second-order valence-electron chi connectivity index (χ2n) is 5.08. The average Bonchev–Trinajstić information content (AvgIpc) is 2.76. The van der Waals surface area contributed by atoms with Crippen LogP contribution in [0.5, 0.6) is 0 Å². The number of thioether (sulfide) groups is 1. The van der Waals surface area contributed by atoms with Gasteiger partial charge < -0.3 is 15.0 Å². The Bertz CT molecular complexity index is 587. The Morgan fingerprint density at radius 2 is 2.00 bits per heavy atom. The quantitative estimate of drug-likeness (QED) is 0.535. The summed E-state index contributed by atoms with van der Waals surface area (Å²) in [5.41, 5.74) is 4.98. The Morgan fingerprint density at radius 3 is 2.52 bits per heavy atom. The molecule has 0 radical (unpaired) electrons. The van der Waals surface area contributed by atoms with Crippen LogP contribution in [-0.2, 0) is 27.8 Å². The maximum atomic E-state index is 12.0. The first-order valence-corrected chi connectivity index (χ1v) is 7.95. The van der Waals surface area contributed by atoms with Gasteiger partial charge in [-0.3, -0.25) is 14.9 Å². The number of rotatable bonds is 7. The van der Waals surface area contributed by atoms with E-state index in [1.54, 1.807) is 18.5 Å². The molecule has 9 nitrogen and oxygen atoms in total. The van der Waals surface area contributed by atoms with E-state index in [4.69, 9.17) is 10.5 Å². The van der Waals surface area contributed by atoms with Crippen molar-refractivity contribution in [1.29, 1.82) is 0 Å². The summed E-state index contributed by atoms with van der Waals surface area (Å²) in [6.45, 7) is 5.70. The molecule has 0 bridgehead atoms. The van der Waals surface area contributed by atoms with Gasteiger partial charge in [0.2, 0.25) is 5.91 Å². The molecule has 0 spiro atoms. The highest BCUT2D eigenvalue weighted by Crippen LogP contribution is 2.27. The molecule has 0 saturated carbocycles. The van der Waals surface area contributed by atoms with Gasteiger partial charge in [0.15, 0.2) is 5.16 Å². The molecule has 3 N–H and O–H groups in total. The van der Waals surface area contributed by atoms with E-state index in [9.17, 15) is 14.4 Å². The van der Waals surface area contributed by atoms with Crippen LogP contribution < -0.4 is 11.1 Å². The fourth-order valence-electron chi connectivity index (χ4n) is 1.74. The normalized spacial score (nSPS) is 12.0. The standard InChI is InChI=1S/C13H21N5O4S/c1-5-22-9(19)6-8-16-17-13(18(8)4)23-10(7(2)3)11(20)15-12(14)21/h7,10H,5-6H2,1-4H3,(H3,14,15,20,21)/t10-/m1/s1. The summed E-state index contributed by atoms with van der Waals surface area (Å²) in [6, 6.07) is -0.901. The fourth-order valence-corrected chi connectivity index (χ4v) is 2.76. The van der Waals surface area contributed by atoms with Crippen LogP contribution in [0.2, 0.25) is 0 Å². The monoisotopic (exact) mass is 343 g/mol. The number of primary amides is 1. The highest BCUT2D eigenvalue weighted by Gasteiger charge is 2.27. The molecule has 1 heterocycles. The predicted octanol–water partition coefficient (Wildman–Crippen LogP) is 0.232. The third kappa shape index (κ3) is 5.55. The zero-order valence-electron chi connectivity index (χ0n) is 13.5.